The van der Waals surface area contributed by atoms with E-state index in [0.717, 1.165) is 12.2 Å². The summed E-state index contributed by atoms with van der Waals surface area (Å²) in [4.78, 5) is 23.6. The second-order valence-electron chi connectivity index (χ2n) is 6.25. The Labute approximate surface area is 132 Å². The zero-order valence-electron chi connectivity index (χ0n) is 13.5. The van der Waals surface area contributed by atoms with Crippen LogP contribution >= 0.6 is 0 Å². The standard InChI is InChI=1S/C18H26N2O2/c1-13(18(22)19-12-15-7-4-3-5-8-15)20-17-10-6-9-16(11-17)14(2)21/h6,9-11,13,15,20H,3-5,7-8,12H2,1-2H3,(H,19,22). The van der Waals surface area contributed by atoms with Crippen molar-refractivity contribution >= 4 is 17.4 Å². The van der Waals surface area contributed by atoms with E-state index >= 15 is 0 Å². The number of nitrogens with one attached hydrogen (secondary N) is 2. The van der Waals surface area contributed by atoms with Crippen molar-refractivity contribution in [1.29, 1.82) is 0 Å². The molecule has 4 heteroatoms. The van der Waals surface area contributed by atoms with Crippen molar-refractivity contribution < 1.29 is 9.59 Å². The minimum Gasteiger partial charge on any atom is -0.374 e. The highest BCUT2D eigenvalue weighted by Crippen LogP contribution is 2.22. The predicted octanol–water partition coefficient (Wildman–Crippen LogP) is 3.39. The molecule has 1 saturated carbocycles. The monoisotopic (exact) mass is 302 g/mol. The highest BCUT2D eigenvalue weighted by molar-refractivity contribution is 5.95. The first-order chi connectivity index (χ1) is 10.6. The van der Waals surface area contributed by atoms with Crippen LogP contribution in [-0.2, 0) is 4.79 Å². The van der Waals surface area contributed by atoms with Crippen LogP contribution in [0.4, 0.5) is 5.69 Å². The second-order valence-corrected chi connectivity index (χ2v) is 6.25. The zero-order valence-corrected chi connectivity index (χ0v) is 13.5. The molecule has 1 fully saturated rings. The lowest BCUT2D eigenvalue weighted by atomic mass is 9.89. The first-order valence-corrected chi connectivity index (χ1v) is 8.21. The van der Waals surface area contributed by atoms with Gasteiger partial charge >= 0.3 is 0 Å². The molecule has 1 aromatic carbocycles. The maximum atomic E-state index is 12.2. The molecule has 22 heavy (non-hydrogen) atoms. The Morgan fingerprint density at radius 3 is 2.64 bits per heavy atom. The smallest absolute Gasteiger partial charge is 0.242 e. The first-order valence-electron chi connectivity index (χ1n) is 8.21. The maximum Gasteiger partial charge on any atom is 0.242 e. The highest BCUT2D eigenvalue weighted by Gasteiger charge is 2.17. The van der Waals surface area contributed by atoms with Gasteiger partial charge in [0.05, 0.1) is 0 Å². The van der Waals surface area contributed by atoms with Gasteiger partial charge in [-0.3, -0.25) is 9.59 Å². The van der Waals surface area contributed by atoms with Gasteiger partial charge in [-0.2, -0.15) is 0 Å². The van der Waals surface area contributed by atoms with Crippen molar-refractivity contribution in [3.8, 4) is 0 Å². The number of anilines is 1. The Hall–Kier alpha value is -1.84. The number of amides is 1. The topological polar surface area (TPSA) is 58.2 Å². The average Bonchev–Trinajstić information content (AvgIpc) is 2.53. The quantitative estimate of drug-likeness (QED) is 0.792. The van der Waals surface area contributed by atoms with Crippen LogP contribution in [0.25, 0.3) is 0 Å². The SMILES string of the molecule is CC(=O)c1cccc(NC(C)C(=O)NCC2CCCCC2)c1. The van der Waals surface area contributed by atoms with E-state index in [1.807, 2.05) is 19.1 Å². The molecule has 0 aromatic heterocycles. The lowest BCUT2D eigenvalue weighted by molar-refractivity contribution is -0.121. The zero-order chi connectivity index (χ0) is 15.9. The van der Waals surface area contributed by atoms with Gasteiger partial charge in [-0.25, -0.2) is 0 Å². The van der Waals surface area contributed by atoms with Crippen LogP contribution in [0.3, 0.4) is 0 Å². The van der Waals surface area contributed by atoms with Crippen LogP contribution in [-0.4, -0.2) is 24.3 Å². The van der Waals surface area contributed by atoms with Crippen molar-refractivity contribution in [2.75, 3.05) is 11.9 Å². The number of hydrogen-bond donors (Lipinski definition) is 2. The van der Waals surface area contributed by atoms with Crippen molar-refractivity contribution in [2.45, 2.75) is 52.0 Å². The molecule has 2 rings (SSSR count). The molecule has 0 bridgehead atoms. The van der Waals surface area contributed by atoms with E-state index in [9.17, 15) is 9.59 Å². The first kappa shape index (κ1) is 16.5. The number of Topliss-reactive ketones (excluding diaryl/α,β-unsaturated/α-hetero) is 1. The number of benzene rings is 1. The van der Waals surface area contributed by atoms with E-state index < -0.39 is 0 Å². The molecule has 0 radical (unpaired) electrons. The molecule has 0 saturated heterocycles. The van der Waals surface area contributed by atoms with Crippen LogP contribution < -0.4 is 10.6 Å². The Kier molecular flexibility index (Phi) is 5.99. The molecule has 1 amide bonds. The largest absolute Gasteiger partial charge is 0.374 e. The van der Waals surface area contributed by atoms with Gasteiger partial charge in [-0.05, 0) is 44.7 Å². The van der Waals surface area contributed by atoms with E-state index in [0.29, 0.717) is 11.5 Å². The van der Waals surface area contributed by atoms with Crippen molar-refractivity contribution in [3.63, 3.8) is 0 Å². The maximum absolute atomic E-state index is 12.2. The van der Waals surface area contributed by atoms with Gasteiger partial charge in [-0.1, -0.05) is 31.4 Å². The summed E-state index contributed by atoms with van der Waals surface area (Å²) >= 11 is 0. The third kappa shape index (κ3) is 4.86. The van der Waals surface area contributed by atoms with Gasteiger partial charge in [0.1, 0.15) is 6.04 Å². The molecule has 120 valence electrons. The molecule has 1 aliphatic rings. The molecule has 4 nitrogen and oxygen atoms in total. The molecule has 0 spiro atoms. The Morgan fingerprint density at radius 1 is 1.23 bits per heavy atom. The van der Waals surface area contributed by atoms with Crippen LogP contribution in [0, 0.1) is 5.92 Å². The van der Waals surface area contributed by atoms with Gasteiger partial charge in [0.25, 0.3) is 0 Å². The lowest BCUT2D eigenvalue weighted by Crippen LogP contribution is -2.40. The Bertz CT molecular complexity index is 522. The van der Waals surface area contributed by atoms with Crippen LogP contribution in [0.1, 0.15) is 56.3 Å². The summed E-state index contributed by atoms with van der Waals surface area (Å²) in [7, 11) is 0. The van der Waals surface area contributed by atoms with Crippen molar-refractivity contribution in [2.24, 2.45) is 5.92 Å². The average molecular weight is 302 g/mol. The van der Waals surface area contributed by atoms with Gasteiger partial charge in [0, 0.05) is 17.8 Å². The normalized spacial score (nSPS) is 16.8. The summed E-state index contributed by atoms with van der Waals surface area (Å²) in [6.45, 7) is 4.16. The molecule has 0 aliphatic heterocycles. The fraction of sp³-hybridized carbons (Fsp3) is 0.556. The fourth-order valence-corrected chi connectivity index (χ4v) is 2.93. The summed E-state index contributed by atoms with van der Waals surface area (Å²) in [6, 6.07) is 6.95. The minimum atomic E-state index is -0.314. The van der Waals surface area contributed by atoms with Gasteiger partial charge < -0.3 is 10.6 Å². The molecular formula is C18H26N2O2. The molecule has 1 unspecified atom stereocenters. The highest BCUT2D eigenvalue weighted by atomic mass is 16.2. The molecule has 0 heterocycles. The van der Waals surface area contributed by atoms with Gasteiger partial charge in [0.2, 0.25) is 5.91 Å². The molecule has 1 aliphatic carbocycles. The van der Waals surface area contributed by atoms with E-state index in [-0.39, 0.29) is 17.7 Å². The summed E-state index contributed by atoms with van der Waals surface area (Å²) in [5.41, 5.74) is 1.45. The van der Waals surface area contributed by atoms with Crippen molar-refractivity contribution in [3.05, 3.63) is 29.8 Å². The summed E-state index contributed by atoms with van der Waals surface area (Å²) in [5, 5.41) is 6.20. The van der Waals surface area contributed by atoms with Crippen LogP contribution in [0.5, 0.6) is 0 Å². The van der Waals surface area contributed by atoms with E-state index in [1.54, 1.807) is 19.1 Å². The Balaban J connectivity index is 1.82. The van der Waals surface area contributed by atoms with Gasteiger partial charge in [0.15, 0.2) is 5.78 Å². The lowest BCUT2D eigenvalue weighted by Gasteiger charge is -2.23. The number of carbonyl (C=O) groups is 2. The predicted molar refractivity (Wildman–Crippen MR) is 89.1 cm³/mol. The van der Waals surface area contributed by atoms with E-state index in [4.69, 9.17) is 0 Å². The van der Waals surface area contributed by atoms with Crippen LogP contribution in [0.15, 0.2) is 24.3 Å². The number of ketones is 1. The summed E-state index contributed by atoms with van der Waals surface area (Å²) in [5.74, 6) is 0.669. The Morgan fingerprint density at radius 2 is 1.95 bits per heavy atom. The number of rotatable bonds is 6. The number of carbonyl (C=O) groups excluding carboxylic acids is 2. The summed E-state index contributed by atoms with van der Waals surface area (Å²) in [6.07, 6.45) is 6.35. The second kappa shape index (κ2) is 7.97. The third-order valence-electron chi connectivity index (χ3n) is 4.34. The van der Waals surface area contributed by atoms with E-state index in [1.165, 1.54) is 32.1 Å². The minimum absolute atomic E-state index is 0.0128. The summed E-state index contributed by atoms with van der Waals surface area (Å²) < 4.78 is 0. The molecule has 1 atom stereocenters. The van der Waals surface area contributed by atoms with E-state index in [2.05, 4.69) is 10.6 Å². The fourth-order valence-electron chi connectivity index (χ4n) is 2.93. The third-order valence-corrected chi connectivity index (χ3v) is 4.34. The molecule has 2 N–H and O–H groups in total. The van der Waals surface area contributed by atoms with Gasteiger partial charge in [-0.15, -0.1) is 0 Å². The molecular weight excluding hydrogens is 276 g/mol. The van der Waals surface area contributed by atoms with Crippen LogP contribution in [0.2, 0.25) is 0 Å². The number of hydrogen-bond acceptors (Lipinski definition) is 3. The molecule has 1 aromatic rings. The van der Waals surface area contributed by atoms with Crippen molar-refractivity contribution in [1.82, 2.24) is 5.32 Å².